The number of furan rings is 1. The molecular weight excluding hydrogens is 334 g/mol. The first-order valence-electron chi connectivity index (χ1n) is 5.74. The van der Waals surface area contributed by atoms with Crippen LogP contribution in [0.25, 0.3) is 0 Å². The van der Waals surface area contributed by atoms with E-state index in [0.717, 1.165) is 24.5 Å². The molecule has 0 saturated carbocycles. The van der Waals surface area contributed by atoms with E-state index in [1.807, 2.05) is 0 Å². The largest absolute Gasteiger partial charge is 0.444 e. The molecule has 2 aromatic heterocycles. The van der Waals surface area contributed by atoms with Crippen LogP contribution in [-0.4, -0.2) is 22.7 Å². The van der Waals surface area contributed by atoms with E-state index in [1.165, 1.54) is 11.3 Å². The molecule has 1 atom stereocenters. The van der Waals surface area contributed by atoms with Gasteiger partial charge in [0.2, 0.25) is 5.13 Å². The number of amides is 1. The number of halogens is 1. The Balaban J connectivity index is 1.68. The molecular formula is C11H10BrN3O3S. The summed E-state index contributed by atoms with van der Waals surface area (Å²) in [5.41, 5.74) is 0. The van der Waals surface area contributed by atoms with Gasteiger partial charge in [0.25, 0.3) is 5.91 Å². The van der Waals surface area contributed by atoms with Crippen LogP contribution in [0.3, 0.4) is 0 Å². The predicted molar refractivity (Wildman–Crippen MR) is 72.2 cm³/mol. The number of carbonyl (C=O) groups is 1. The number of carbonyl (C=O) groups excluding carboxylic acids is 1. The molecule has 0 aliphatic carbocycles. The second-order valence-corrected chi connectivity index (χ2v) is 5.80. The molecule has 1 N–H and O–H groups in total. The number of ether oxygens (including phenoxy) is 1. The summed E-state index contributed by atoms with van der Waals surface area (Å²) in [5, 5.41) is 11.9. The fourth-order valence-corrected chi connectivity index (χ4v) is 2.91. The lowest BCUT2D eigenvalue weighted by Gasteiger charge is -2.02. The molecule has 0 radical (unpaired) electrons. The van der Waals surface area contributed by atoms with E-state index in [1.54, 1.807) is 12.1 Å². The maximum Gasteiger partial charge on any atom is 0.293 e. The Kier molecular flexibility index (Phi) is 3.63. The van der Waals surface area contributed by atoms with E-state index in [9.17, 15) is 4.79 Å². The molecule has 0 aromatic carbocycles. The van der Waals surface area contributed by atoms with Gasteiger partial charge in [-0.05, 0) is 40.9 Å². The van der Waals surface area contributed by atoms with Gasteiger partial charge < -0.3 is 9.15 Å². The van der Waals surface area contributed by atoms with Crippen molar-refractivity contribution in [3.63, 3.8) is 0 Å². The summed E-state index contributed by atoms with van der Waals surface area (Å²) >= 11 is 4.47. The van der Waals surface area contributed by atoms with Crippen molar-refractivity contribution in [2.75, 3.05) is 11.9 Å². The van der Waals surface area contributed by atoms with Crippen molar-refractivity contribution < 1.29 is 13.9 Å². The SMILES string of the molecule is O=C(Nc1nnc(C2CCCO2)s1)c1ccc(Br)o1. The van der Waals surface area contributed by atoms with Crippen molar-refractivity contribution in [2.45, 2.75) is 18.9 Å². The molecule has 8 heteroatoms. The van der Waals surface area contributed by atoms with Gasteiger partial charge in [0.05, 0.1) is 0 Å². The summed E-state index contributed by atoms with van der Waals surface area (Å²) in [5.74, 6) is -0.124. The Morgan fingerprint density at radius 3 is 3.05 bits per heavy atom. The molecule has 1 fully saturated rings. The molecule has 0 spiro atoms. The fourth-order valence-electron chi connectivity index (χ4n) is 1.78. The van der Waals surface area contributed by atoms with Gasteiger partial charge in [0, 0.05) is 6.61 Å². The molecule has 1 unspecified atom stereocenters. The zero-order chi connectivity index (χ0) is 13.2. The lowest BCUT2D eigenvalue weighted by Crippen LogP contribution is -2.10. The highest BCUT2D eigenvalue weighted by Gasteiger charge is 2.22. The average Bonchev–Trinajstić information content (AvgIpc) is 3.07. The Morgan fingerprint density at radius 1 is 1.47 bits per heavy atom. The molecule has 6 nitrogen and oxygen atoms in total. The molecule has 1 amide bonds. The standard InChI is InChI=1S/C11H10BrN3O3S/c12-8-4-3-6(18-8)9(16)13-11-15-14-10(19-11)7-2-1-5-17-7/h3-4,7H,1-2,5H2,(H,13,15,16). The minimum Gasteiger partial charge on any atom is -0.444 e. The third-order valence-electron chi connectivity index (χ3n) is 2.66. The number of hydrogen-bond donors (Lipinski definition) is 1. The van der Waals surface area contributed by atoms with Gasteiger partial charge in [0.15, 0.2) is 10.4 Å². The van der Waals surface area contributed by atoms with E-state index in [4.69, 9.17) is 9.15 Å². The van der Waals surface area contributed by atoms with Gasteiger partial charge in [-0.25, -0.2) is 0 Å². The van der Waals surface area contributed by atoms with Crippen LogP contribution in [0.5, 0.6) is 0 Å². The number of nitrogens with zero attached hydrogens (tertiary/aromatic N) is 2. The summed E-state index contributed by atoms with van der Waals surface area (Å²) in [6, 6.07) is 3.24. The zero-order valence-corrected chi connectivity index (χ0v) is 12.2. The van der Waals surface area contributed by atoms with Gasteiger partial charge in [0.1, 0.15) is 11.1 Å². The van der Waals surface area contributed by atoms with Crippen molar-refractivity contribution in [3.05, 3.63) is 27.6 Å². The van der Waals surface area contributed by atoms with Gasteiger partial charge in [-0.2, -0.15) is 0 Å². The van der Waals surface area contributed by atoms with Crippen molar-refractivity contribution in [1.82, 2.24) is 10.2 Å². The van der Waals surface area contributed by atoms with Gasteiger partial charge in [-0.3, -0.25) is 10.1 Å². The van der Waals surface area contributed by atoms with Crippen molar-refractivity contribution in [3.8, 4) is 0 Å². The van der Waals surface area contributed by atoms with Crippen LogP contribution in [0.15, 0.2) is 21.2 Å². The zero-order valence-electron chi connectivity index (χ0n) is 9.76. The highest BCUT2D eigenvalue weighted by molar-refractivity contribution is 9.10. The van der Waals surface area contributed by atoms with E-state index in [-0.39, 0.29) is 17.8 Å². The van der Waals surface area contributed by atoms with Crippen molar-refractivity contribution >= 4 is 38.3 Å². The topological polar surface area (TPSA) is 77.2 Å². The van der Waals surface area contributed by atoms with E-state index in [0.29, 0.717) is 9.80 Å². The maximum absolute atomic E-state index is 11.8. The van der Waals surface area contributed by atoms with Crippen LogP contribution >= 0.6 is 27.3 Å². The maximum atomic E-state index is 11.8. The summed E-state index contributed by atoms with van der Waals surface area (Å²) in [6.45, 7) is 0.756. The normalized spacial score (nSPS) is 18.7. The minimum atomic E-state index is -0.347. The Morgan fingerprint density at radius 2 is 2.37 bits per heavy atom. The number of nitrogens with one attached hydrogen (secondary N) is 1. The van der Waals surface area contributed by atoms with E-state index < -0.39 is 0 Å². The number of hydrogen-bond acceptors (Lipinski definition) is 6. The first kappa shape index (κ1) is 12.8. The first-order chi connectivity index (χ1) is 9.22. The summed E-state index contributed by atoms with van der Waals surface area (Å²) in [4.78, 5) is 11.8. The predicted octanol–water partition coefficient (Wildman–Crippen LogP) is 3.00. The second-order valence-electron chi connectivity index (χ2n) is 4.00. The molecule has 100 valence electrons. The van der Waals surface area contributed by atoms with Gasteiger partial charge >= 0.3 is 0 Å². The third-order valence-corrected chi connectivity index (χ3v) is 4.02. The van der Waals surface area contributed by atoms with E-state index >= 15 is 0 Å². The number of rotatable bonds is 3. The number of aromatic nitrogens is 2. The van der Waals surface area contributed by atoms with Crippen molar-refractivity contribution in [2.24, 2.45) is 0 Å². The lowest BCUT2D eigenvalue weighted by molar-refractivity contribution is 0.0995. The molecule has 1 aliphatic heterocycles. The smallest absolute Gasteiger partial charge is 0.293 e. The number of anilines is 1. The lowest BCUT2D eigenvalue weighted by atomic mass is 10.2. The Bertz CT molecular complexity index is 592. The summed E-state index contributed by atoms with van der Waals surface area (Å²) < 4.78 is 11.2. The average molecular weight is 344 g/mol. The Labute approximate surface area is 121 Å². The Hall–Kier alpha value is -1.25. The highest BCUT2D eigenvalue weighted by atomic mass is 79.9. The molecule has 19 heavy (non-hydrogen) atoms. The van der Waals surface area contributed by atoms with Crippen LogP contribution in [0.4, 0.5) is 5.13 Å². The van der Waals surface area contributed by atoms with Crippen LogP contribution in [-0.2, 0) is 4.74 Å². The molecule has 1 saturated heterocycles. The fraction of sp³-hybridized carbons (Fsp3) is 0.364. The van der Waals surface area contributed by atoms with Gasteiger partial charge in [-0.15, -0.1) is 10.2 Å². The van der Waals surface area contributed by atoms with Gasteiger partial charge in [-0.1, -0.05) is 11.3 Å². The minimum absolute atomic E-state index is 0.0147. The highest BCUT2D eigenvalue weighted by Crippen LogP contribution is 2.32. The molecule has 2 aromatic rings. The molecule has 3 rings (SSSR count). The van der Waals surface area contributed by atoms with Crippen LogP contribution in [0.1, 0.15) is 34.5 Å². The monoisotopic (exact) mass is 343 g/mol. The quantitative estimate of drug-likeness (QED) is 0.926. The van der Waals surface area contributed by atoms with Crippen LogP contribution in [0.2, 0.25) is 0 Å². The van der Waals surface area contributed by atoms with Crippen LogP contribution < -0.4 is 5.32 Å². The molecule has 1 aliphatic rings. The first-order valence-corrected chi connectivity index (χ1v) is 7.35. The van der Waals surface area contributed by atoms with Crippen molar-refractivity contribution in [1.29, 1.82) is 0 Å². The second kappa shape index (κ2) is 5.40. The van der Waals surface area contributed by atoms with E-state index in [2.05, 4.69) is 31.4 Å². The van der Waals surface area contributed by atoms with Crippen LogP contribution in [0, 0.1) is 0 Å². The third kappa shape index (κ3) is 2.85. The summed E-state index contributed by atoms with van der Waals surface area (Å²) in [6.07, 6.45) is 2.00. The molecule has 0 bridgehead atoms. The summed E-state index contributed by atoms with van der Waals surface area (Å²) in [7, 11) is 0. The molecule has 3 heterocycles.